The molecule has 3 heteroatoms. The molecule has 0 saturated carbocycles. The van der Waals surface area contributed by atoms with Crippen molar-refractivity contribution >= 4 is 11.9 Å². The van der Waals surface area contributed by atoms with E-state index >= 15 is 0 Å². The molecule has 0 spiro atoms. The number of hydrogen-bond acceptors (Lipinski definition) is 2. The van der Waals surface area contributed by atoms with Crippen LogP contribution < -0.4 is 0 Å². The molecule has 0 radical (unpaired) electrons. The Morgan fingerprint density at radius 1 is 0.917 bits per heavy atom. The predicted octanol–water partition coefficient (Wildman–Crippen LogP) is 5.17. The van der Waals surface area contributed by atoms with Gasteiger partial charge in [-0.05, 0) is 69.2 Å². The van der Waals surface area contributed by atoms with Crippen LogP contribution in [0.2, 0.25) is 0 Å². The van der Waals surface area contributed by atoms with Crippen molar-refractivity contribution in [3.63, 3.8) is 0 Å². The van der Waals surface area contributed by atoms with E-state index in [2.05, 4.69) is 61.5 Å². The van der Waals surface area contributed by atoms with E-state index in [-0.39, 0.29) is 5.75 Å². The van der Waals surface area contributed by atoms with Crippen molar-refractivity contribution in [2.75, 3.05) is 0 Å². The summed E-state index contributed by atoms with van der Waals surface area (Å²) in [6.07, 6.45) is 1.86. The van der Waals surface area contributed by atoms with Crippen LogP contribution in [0, 0.1) is 27.7 Å². The van der Waals surface area contributed by atoms with Gasteiger partial charge in [-0.2, -0.15) is 0 Å². The fourth-order valence-electron chi connectivity index (χ4n) is 2.90. The van der Waals surface area contributed by atoms with Gasteiger partial charge in [-0.1, -0.05) is 12.1 Å². The Hall–Kier alpha value is -2.81. The first-order chi connectivity index (χ1) is 11.5. The number of rotatable bonds is 3. The number of aromatic hydroxyl groups is 1. The van der Waals surface area contributed by atoms with Crippen molar-refractivity contribution < 1.29 is 5.11 Å². The zero-order chi connectivity index (χ0) is 17.3. The van der Waals surface area contributed by atoms with E-state index in [4.69, 9.17) is 0 Å². The van der Waals surface area contributed by atoms with E-state index in [1.54, 1.807) is 18.2 Å². The van der Waals surface area contributed by atoms with Crippen LogP contribution in [-0.2, 0) is 0 Å². The van der Waals surface area contributed by atoms with Gasteiger partial charge in [-0.3, -0.25) is 4.99 Å². The van der Waals surface area contributed by atoms with Gasteiger partial charge in [0.15, 0.2) is 0 Å². The predicted molar refractivity (Wildman–Crippen MR) is 100 cm³/mol. The maximum Gasteiger partial charge on any atom is 0.117 e. The first-order valence-electron chi connectivity index (χ1n) is 8.05. The monoisotopic (exact) mass is 318 g/mol. The summed E-state index contributed by atoms with van der Waals surface area (Å²) in [7, 11) is 0. The highest BCUT2D eigenvalue weighted by Crippen LogP contribution is 2.23. The van der Waals surface area contributed by atoms with E-state index in [1.807, 2.05) is 12.3 Å². The van der Waals surface area contributed by atoms with Crippen LogP contribution in [0.1, 0.15) is 28.1 Å². The van der Waals surface area contributed by atoms with E-state index in [9.17, 15) is 5.11 Å². The van der Waals surface area contributed by atoms with Crippen LogP contribution in [0.15, 0.2) is 53.5 Å². The quantitative estimate of drug-likeness (QED) is 0.665. The number of phenols is 1. The smallest absolute Gasteiger partial charge is 0.117 e. The molecule has 0 bridgehead atoms. The fourth-order valence-corrected chi connectivity index (χ4v) is 2.90. The summed E-state index contributed by atoms with van der Waals surface area (Å²) in [6, 6.07) is 15.6. The van der Waals surface area contributed by atoms with Crippen LogP contribution in [0.25, 0.3) is 5.69 Å². The zero-order valence-corrected chi connectivity index (χ0v) is 14.5. The van der Waals surface area contributed by atoms with Crippen LogP contribution >= 0.6 is 0 Å². The summed E-state index contributed by atoms with van der Waals surface area (Å²) in [4.78, 5) is 4.48. The van der Waals surface area contributed by atoms with Crippen molar-refractivity contribution in [2.24, 2.45) is 4.99 Å². The second-order valence-corrected chi connectivity index (χ2v) is 6.21. The Labute approximate surface area is 142 Å². The Kier molecular flexibility index (Phi) is 4.26. The summed E-state index contributed by atoms with van der Waals surface area (Å²) in [5, 5.41) is 9.53. The van der Waals surface area contributed by atoms with Crippen molar-refractivity contribution in [1.82, 2.24) is 4.57 Å². The van der Waals surface area contributed by atoms with Crippen molar-refractivity contribution in [3.05, 3.63) is 76.6 Å². The van der Waals surface area contributed by atoms with E-state index in [0.29, 0.717) is 0 Å². The molecule has 0 amide bonds. The Bertz CT molecular complexity index is 920. The minimum Gasteiger partial charge on any atom is -0.508 e. The van der Waals surface area contributed by atoms with Gasteiger partial charge in [0.2, 0.25) is 0 Å². The van der Waals surface area contributed by atoms with Gasteiger partial charge >= 0.3 is 0 Å². The third-order valence-corrected chi connectivity index (χ3v) is 4.40. The van der Waals surface area contributed by atoms with Gasteiger partial charge in [-0.25, -0.2) is 0 Å². The molecule has 0 unspecified atom stereocenters. The molecule has 3 rings (SSSR count). The highest BCUT2D eigenvalue weighted by molar-refractivity contribution is 5.84. The minimum absolute atomic E-state index is 0.227. The molecule has 0 aliphatic carbocycles. The number of aryl methyl sites for hydroxylation is 3. The third-order valence-electron chi connectivity index (χ3n) is 4.40. The summed E-state index contributed by atoms with van der Waals surface area (Å²) in [6.45, 7) is 8.47. The normalized spacial score (nSPS) is 11.3. The molecular weight excluding hydrogens is 296 g/mol. The molecule has 1 N–H and O–H groups in total. The van der Waals surface area contributed by atoms with Crippen LogP contribution in [0.5, 0.6) is 5.75 Å². The maximum absolute atomic E-state index is 9.53. The molecule has 0 atom stereocenters. The topological polar surface area (TPSA) is 37.5 Å². The van der Waals surface area contributed by atoms with Crippen LogP contribution in [0.3, 0.4) is 0 Å². The fraction of sp³-hybridized carbons (Fsp3) is 0.190. The second-order valence-electron chi connectivity index (χ2n) is 6.21. The lowest BCUT2D eigenvalue weighted by Gasteiger charge is -2.11. The lowest BCUT2D eigenvalue weighted by atomic mass is 10.1. The van der Waals surface area contributed by atoms with Gasteiger partial charge in [0.05, 0.1) is 5.69 Å². The number of aliphatic imine (C=N–C) groups is 1. The average molecular weight is 318 g/mol. The van der Waals surface area contributed by atoms with E-state index in [1.165, 1.54) is 22.5 Å². The standard InChI is InChI=1S/C21H22N2O/c1-14-8-9-20(10-15(14)2)23-16(3)11-18(17(23)4)13-22-19-6-5-7-21(24)12-19/h5-13,24H,1-4H3. The molecule has 24 heavy (non-hydrogen) atoms. The summed E-state index contributed by atoms with van der Waals surface area (Å²) >= 11 is 0. The molecule has 0 saturated heterocycles. The summed E-state index contributed by atoms with van der Waals surface area (Å²) < 4.78 is 2.25. The van der Waals surface area contributed by atoms with E-state index < -0.39 is 0 Å². The van der Waals surface area contributed by atoms with Crippen molar-refractivity contribution in [1.29, 1.82) is 0 Å². The molecule has 0 aliphatic rings. The van der Waals surface area contributed by atoms with E-state index in [0.717, 1.165) is 16.9 Å². The Morgan fingerprint density at radius 3 is 2.42 bits per heavy atom. The van der Waals surface area contributed by atoms with Gasteiger partial charge < -0.3 is 9.67 Å². The molecule has 1 heterocycles. The van der Waals surface area contributed by atoms with Crippen LogP contribution in [-0.4, -0.2) is 15.9 Å². The van der Waals surface area contributed by atoms with Crippen molar-refractivity contribution in [3.8, 4) is 11.4 Å². The molecule has 3 nitrogen and oxygen atoms in total. The Balaban J connectivity index is 1.98. The first-order valence-corrected chi connectivity index (χ1v) is 8.05. The first kappa shape index (κ1) is 16.1. The van der Waals surface area contributed by atoms with Gasteiger partial charge in [0.25, 0.3) is 0 Å². The molecule has 0 aliphatic heterocycles. The lowest BCUT2D eigenvalue weighted by Crippen LogP contribution is -2.00. The summed E-state index contributed by atoms with van der Waals surface area (Å²) in [5.41, 5.74) is 7.90. The molecule has 2 aromatic carbocycles. The van der Waals surface area contributed by atoms with Gasteiger partial charge in [-0.15, -0.1) is 0 Å². The zero-order valence-electron chi connectivity index (χ0n) is 14.5. The van der Waals surface area contributed by atoms with Crippen LogP contribution in [0.4, 0.5) is 5.69 Å². The number of phenolic OH excluding ortho intramolecular Hbond substituents is 1. The highest BCUT2D eigenvalue weighted by atomic mass is 16.3. The number of aromatic nitrogens is 1. The molecule has 1 aromatic heterocycles. The van der Waals surface area contributed by atoms with Gasteiger partial charge in [0.1, 0.15) is 5.75 Å². The SMILES string of the molecule is Cc1ccc(-n2c(C)cc(C=Nc3cccc(O)c3)c2C)cc1C. The number of hydrogen-bond donors (Lipinski definition) is 1. The molecule has 0 fully saturated rings. The average Bonchev–Trinajstić information content (AvgIpc) is 2.82. The number of benzene rings is 2. The minimum atomic E-state index is 0.227. The highest BCUT2D eigenvalue weighted by Gasteiger charge is 2.10. The molecular formula is C21H22N2O. The third kappa shape index (κ3) is 3.11. The number of nitrogens with zero attached hydrogens (tertiary/aromatic N) is 2. The molecule has 122 valence electrons. The van der Waals surface area contributed by atoms with Crippen molar-refractivity contribution in [2.45, 2.75) is 27.7 Å². The maximum atomic E-state index is 9.53. The largest absolute Gasteiger partial charge is 0.508 e. The molecule has 3 aromatic rings. The Morgan fingerprint density at radius 2 is 1.71 bits per heavy atom. The lowest BCUT2D eigenvalue weighted by molar-refractivity contribution is 0.475. The van der Waals surface area contributed by atoms with Gasteiger partial charge in [0, 0.05) is 34.9 Å². The summed E-state index contributed by atoms with van der Waals surface area (Å²) in [5.74, 6) is 0.227. The second kappa shape index (κ2) is 6.36.